The van der Waals surface area contributed by atoms with Crippen molar-refractivity contribution in [2.24, 2.45) is 0 Å². The van der Waals surface area contributed by atoms with Gasteiger partial charge in [0, 0.05) is 69.4 Å². The lowest BCUT2D eigenvalue weighted by atomic mass is 10.00. The average molecular weight is 632 g/mol. The molecule has 1 fully saturated rings. The van der Waals surface area contributed by atoms with Gasteiger partial charge >= 0.3 is 12.1 Å². The van der Waals surface area contributed by atoms with Crippen LogP contribution in [0.4, 0.5) is 30.2 Å². The SMILES string of the molecule is CN(C)c1ccc(N(C)CCC(=O)N2CCC3=C(C2)C(=O)N(c2ccccc2)C(SC2CCC2)N3OC(=O)C(F)(F)F)cc1. The molecule has 0 saturated heterocycles. The number of alkyl halides is 3. The van der Waals surface area contributed by atoms with E-state index in [1.54, 1.807) is 35.2 Å². The van der Waals surface area contributed by atoms with Gasteiger partial charge in [-0.1, -0.05) is 24.6 Å². The van der Waals surface area contributed by atoms with Crippen molar-refractivity contribution in [3.63, 3.8) is 0 Å². The number of nitrogens with zero attached hydrogens (tertiary/aromatic N) is 5. The molecule has 3 aliphatic rings. The third-order valence-corrected chi connectivity index (χ3v) is 9.62. The fourth-order valence-electron chi connectivity index (χ4n) is 5.31. The third kappa shape index (κ3) is 6.77. The number of halogens is 3. The van der Waals surface area contributed by atoms with Crippen LogP contribution in [-0.2, 0) is 19.2 Å². The number of hydrogen-bond donors (Lipinski definition) is 0. The zero-order chi connectivity index (χ0) is 31.6. The summed E-state index contributed by atoms with van der Waals surface area (Å²) < 4.78 is 40.3. The number of hydroxylamine groups is 2. The molecule has 1 saturated carbocycles. The molecule has 1 aliphatic carbocycles. The van der Waals surface area contributed by atoms with Crippen molar-refractivity contribution in [3.8, 4) is 0 Å². The lowest BCUT2D eigenvalue weighted by molar-refractivity contribution is -0.235. The van der Waals surface area contributed by atoms with Crippen LogP contribution in [0.25, 0.3) is 0 Å². The number of anilines is 3. The first-order valence-electron chi connectivity index (χ1n) is 14.5. The Hall–Kier alpha value is -3.87. The van der Waals surface area contributed by atoms with E-state index >= 15 is 0 Å². The van der Waals surface area contributed by atoms with Crippen molar-refractivity contribution in [3.05, 3.63) is 65.9 Å². The third-order valence-electron chi connectivity index (χ3n) is 8.11. The summed E-state index contributed by atoms with van der Waals surface area (Å²) in [6.07, 6.45) is -2.29. The number of carbonyl (C=O) groups excluding carboxylic acids is 3. The predicted molar refractivity (Wildman–Crippen MR) is 164 cm³/mol. The van der Waals surface area contributed by atoms with E-state index in [0.29, 0.717) is 12.2 Å². The Morgan fingerprint density at radius 2 is 1.66 bits per heavy atom. The Bertz CT molecular complexity index is 1400. The summed E-state index contributed by atoms with van der Waals surface area (Å²) in [4.78, 5) is 51.5. The van der Waals surface area contributed by atoms with Crippen molar-refractivity contribution in [1.29, 1.82) is 0 Å². The van der Waals surface area contributed by atoms with Crippen LogP contribution in [0.3, 0.4) is 0 Å². The highest BCUT2D eigenvalue weighted by atomic mass is 32.2. The van der Waals surface area contributed by atoms with Crippen LogP contribution >= 0.6 is 11.8 Å². The van der Waals surface area contributed by atoms with Crippen molar-refractivity contribution in [2.75, 3.05) is 55.5 Å². The van der Waals surface area contributed by atoms with Crippen LogP contribution in [0.2, 0.25) is 0 Å². The number of carbonyl (C=O) groups is 3. The van der Waals surface area contributed by atoms with Gasteiger partial charge in [0.1, 0.15) is 0 Å². The normalized spacial score (nSPS) is 19.0. The molecule has 0 aromatic heterocycles. The molecule has 2 aromatic rings. The van der Waals surface area contributed by atoms with Crippen LogP contribution in [0.1, 0.15) is 32.1 Å². The zero-order valence-electron chi connectivity index (χ0n) is 24.9. The minimum absolute atomic E-state index is 0.0736. The molecule has 2 aliphatic heterocycles. The molecule has 236 valence electrons. The molecule has 9 nitrogen and oxygen atoms in total. The van der Waals surface area contributed by atoms with E-state index in [1.807, 2.05) is 55.2 Å². The van der Waals surface area contributed by atoms with Crippen molar-refractivity contribution in [2.45, 2.75) is 49.0 Å². The fraction of sp³-hybridized carbons (Fsp3) is 0.452. The molecule has 13 heteroatoms. The van der Waals surface area contributed by atoms with Crippen LogP contribution < -0.4 is 14.7 Å². The second-order valence-electron chi connectivity index (χ2n) is 11.3. The van der Waals surface area contributed by atoms with Gasteiger partial charge in [-0.3, -0.25) is 14.5 Å². The van der Waals surface area contributed by atoms with E-state index in [-0.39, 0.29) is 48.4 Å². The highest BCUT2D eigenvalue weighted by Gasteiger charge is 2.50. The van der Waals surface area contributed by atoms with E-state index in [0.717, 1.165) is 35.7 Å². The average Bonchev–Trinajstić information content (AvgIpc) is 2.98. The molecule has 1 unspecified atom stereocenters. The van der Waals surface area contributed by atoms with E-state index in [1.165, 1.54) is 16.7 Å². The summed E-state index contributed by atoms with van der Waals surface area (Å²) in [6.45, 7) is 0.513. The minimum Gasteiger partial charge on any atom is -0.378 e. The van der Waals surface area contributed by atoms with E-state index in [9.17, 15) is 27.6 Å². The van der Waals surface area contributed by atoms with Gasteiger partial charge in [0.2, 0.25) is 5.91 Å². The monoisotopic (exact) mass is 631 g/mol. The molecule has 0 spiro atoms. The topological polar surface area (TPSA) is 76.6 Å². The number of amides is 2. The Morgan fingerprint density at radius 1 is 1.00 bits per heavy atom. The lowest BCUT2D eigenvalue weighted by Gasteiger charge is -2.48. The summed E-state index contributed by atoms with van der Waals surface area (Å²) in [5.41, 5.74) is 1.79. The Labute approximate surface area is 259 Å². The fourth-order valence-corrected chi connectivity index (χ4v) is 6.88. The first kappa shape index (κ1) is 31.6. The minimum atomic E-state index is -5.22. The molecule has 0 bridgehead atoms. The summed E-state index contributed by atoms with van der Waals surface area (Å²) in [7, 11) is 5.81. The zero-order valence-corrected chi connectivity index (χ0v) is 25.7. The maximum Gasteiger partial charge on any atom is 0.493 e. The van der Waals surface area contributed by atoms with Gasteiger partial charge < -0.3 is 19.5 Å². The highest BCUT2D eigenvalue weighted by Crippen LogP contribution is 2.44. The highest BCUT2D eigenvalue weighted by molar-refractivity contribution is 8.00. The van der Waals surface area contributed by atoms with Gasteiger partial charge in [-0.05, 0) is 49.2 Å². The summed E-state index contributed by atoms with van der Waals surface area (Å²) in [6, 6.07) is 16.5. The van der Waals surface area contributed by atoms with Crippen molar-refractivity contribution >= 4 is 46.6 Å². The van der Waals surface area contributed by atoms with Gasteiger partial charge in [0.05, 0.1) is 17.8 Å². The molecule has 0 N–H and O–H groups in total. The van der Waals surface area contributed by atoms with Gasteiger partial charge in [-0.2, -0.15) is 18.2 Å². The van der Waals surface area contributed by atoms with E-state index in [2.05, 4.69) is 0 Å². The Morgan fingerprint density at radius 3 is 2.25 bits per heavy atom. The molecule has 2 amide bonds. The van der Waals surface area contributed by atoms with E-state index < -0.39 is 23.6 Å². The Balaban J connectivity index is 1.38. The number of para-hydroxylation sites is 1. The molecule has 5 rings (SSSR count). The van der Waals surface area contributed by atoms with E-state index in [4.69, 9.17) is 4.84 Å². The standard InChI is InChI=1S/C31H36F3N5O4S/c1-35(2)21-12-14-22(15-13-21)36(3)18-17-27(40)37-19-16-26-25(20-37)28(41)38(23-8-5-4-6-9-23)30(44-24-10-7-11-24)39(26)43-29(42)31(32,33)34/h4-6,8-9,12-15,24,30H,7,10-11,16-20H2,1-3H3. The quantitative estimate of drug-likeness (QED) is 0.383. The molecule has 1 atom stereocenters. The van der Waals surface area contributed by atoms with Gasteiger partial charge in [-0.25, -0.2) is 4.79 Å². The number of rotatable bonds is 9. The molecular weight excluding hydrogens is 595 g/mol. The second kappa shape index (κ2) is 13.0. The lowest BCUT2D eigenvalue weighted by Crippen LogP contribution is -2.59. The smallest absolute Gasteiger partial charge is 0.378 e. The first-order chi connectivity index (χ1) is 20.9. The molecule has 2 aromatic carbocycles. The Kier molecular flexibility index (Phi) is 9.33. The molecular formula is C31H36F3N5O4S. The summed E-state index contributed by atoms with van der Waals surface area (Å²) in [5.74, 6) is -2.96. The van der Waals surface area contributed by atoms with Gasteiger partial charge in [0.25, 0.3) is 5.91 Å². The van der Waals surface area contributed by atoms with Crippen molar-refractivity contribution in [1.82, 2.24) is 9.96 Å². The second-order valence-corrected chi connectivity index (χ2v) is 12.7. The number of thioether (sulfide) groups is 1. The van der Waals surface area contributed by atoms with Crippen LogP contribution in [0, 0.1) is 0 Å². The van der Waals surface area contributed by atoms with Gasteiger partial charge in [-0.15, -0.1) is 11.8 Å². The molecule has 0 radical (unpaired) electrons. The predicted octanol–water partition coefficient (Wildman–Crippen LogP) is 5.00. The summed E-state index contributed by atoms with van der Waals surface area (Å²) >= 11 is 1.31. The number of hydrogen-bond acceptors (Lipinski definition) is 8. The summed E-state index contributed by atoms with van der Waals surface area (Å²) in [5, 5.41) is 1.07. The molecule has 44 heavy (non-hydrogen) atoms. The maximum atomic E-state index is 14.1. The van der Waals surface area contributed by atoms with Crippen molar-refractivity contribution < 1.29 is 32.4 Å². The van der Waals surface area contributed by atoms with Crippen LogP contribution in [0.5, 0.6) is 0 Å². The van der Waals surface area contributed by atoms with Gasteiger partial charge in [0.15, 0.2) is 5.50 Å². The van der Waals surface area contributed by atoms with Crippen LogP contribution in [-0.4, -0.2) is 85.4 Å². The molecule has 2 heterocycles. The maximum absolute atomic E-state index is 14.1. The number of benzene rings is 2. The first-order valence-corrected chi connectivity index (χ1v) is 15.5. The van der Waals surface area contributed by atoms with Crippen LogP contribution in [0.15, 0.2) is 65.9 Å². The largest absolute Gasteiger partial charge is 0.493 e.